The van der Waals surface area contributed by atoms with Gasteiger partial charge in [0.05, 0.1) is 28.8 Å². The van der Waals surface area contributed by atoms with Crippen LogP contribution >= 0.6 is 23.2 Å². The number of rotatable bonds is 8. The first-order valence-electron chi connectivity index (χ1n) is 9.15. The van der Waals surface area contributed by atoms with E-state index >= 15 is 0 Å². The Balaban J connectivity index is 2.23. The zero-order valence-corrected chi connectivity index (χ0v) is 18.0. The van der Waals surface area contributed by atoms with Crippen LogP contribution in [-0.2, 0) is 14.8 Å². The average molecular weight is 437 g/mol. The molecule has 2 rings (SSSR count). The van der Waals surface area contributed by atoms with Gasteiger partial charge in [-0.25, -0.2) is 8.42 Å². The van der Waals surface area contributed by atoms with Crippen LogP contribution in [0.25, 0.3) is 0 Å². The van der Waals surface area contributed by atoms with Crippen molar-refractivity contribution in [2.45, 2.75) is 50.5 Å². The molecule has 0 bridgehead atoms. The quantitative estimate of drug-likeness (QED) is 0.630. The Kier molecular flexibility index (Phi) is 8.37. The second-order valence-corrected chi connectivity index (χ2v) is 9.37. The van der Waals surface area contributed by atoms with Gasteiger partial charge in [0.2, 0.25) is 10.0 Å². The zero-order chi connectivity index (χ0) is 20.0. The predicted molar refractivity (Wildman–Crippen MR) is 107 cm³/mol. The highest BCUT2D eigenvalue weighted by molar-refractivity contribution is 7.89. The normalized spacial score (nSPS) is 16.9. The molecule has 1 N–H and O–H groups in total. The van der Waals surface area contributed by atoms with Gasteiger partial charge in [0, 0.05) is 19.1 Å². The summed E-state index contributed by atoms with van der Waals surface area (Å²) >= 11 is 12.3. The minimum absolute atomic E-state index is 0.000892. The molecule has 1 fully saturated rings. The predicted octanol–water partition coefficient (Wildman–Crippen LogP) is 3.71. The SMILES string of the molecule is CCCCCC(C)NC(=O)c1cc(S(=O)(=O)N2CCOCC2)c(Cl)cc1Cl. The maximum Gasteiger partial charge on any atom is 0.253 e. The molecule has 0 spiro atoms. The molecule has 0 radical (unpaired) electrons. The highest BCUT2D eigenvalue weighted by Crippen LogP contribution is 2.31. The first-order valence-corrected chi connectivity index (χ1v) is 11.3. The molecule has 0 aromatic heterocycles. The third kappa shape index (κ3) is 5.81. The minimum Gasteiger partial charge on any atom is -0.379 e. The number of nitrogens with one attached hydrogen (secondary N) is 1. The minimum atomic E-state index is -3.83. The third-order valence-electron chi connectivity index (χ3n) is 4.47. The van der Waals surface area contributed by atoms with Crippen LogP contribution in [0.15, 0.2) is 17.0 Å². The molecule has 1 aromatic carbocycles. The van der Waals surface area contributed by atoms with E-state index in [1.165, 1.54) is 16.4 Å². The lowest BCUT2D eigenvalue weighted by Gasteiger charge is -2.26. The van der Waals surface area contributed by atoms with Gasteiger partial charge in [0.15, 0.2) is 0 Å². The van der Waals surface area contributed by atoms with Crippen LogP contribution in [0, 0.1) is 0 Å². The van der Waals surface area contributed by atoms with Crippen molar-refractivity contribution in [3.05, 3.63) is 27.7 Å². The summed E-state index contributed by atoms with van der Waals surface area (Å²) in [7, 11) is -3.83. The van der Waals surface area contributed by atoms with Crippen LogP contribution in [0.3, 0.4) is 0 Å². The number of halogens is 2. The molecule has 27 heavy (non-hydrogen) atoms. The van der Waals surface area contributed by atoms with Crippen LogP contribution in [0.2, 0.25) is 10.0 Å². The Hall–Kier alpha value is -0.860. The smallest absolute Gasteiger partial charge is 0.253 e. The Morgan fingerprint density at radius 1 is 1.22 bits per heavy atom. The van der Waals surface area contributed by atoms with E-state index in [1.807, 2.05) is 6.92 Å². The molecular weight excluding hydrogens is 411 g/mol. The number of morpholine rings is 1. The van der Waals surface area contributed by atoms with E-state index in [0.717, 1.165) is 25.7 Å². The Bertz CT molecular complexity index is 765. The van der Waals surface area contributed by atoms with Crippen molar-refractivity contribution in [2.24, 2.45) is 0 Å². The second-order valence-electron chi connectivity index (χ2n) is 6.65. The summed E-state index contributed by atoms with van der Waals surface area (Å²) in [5.74, 6) is -0.404. The fourth-order valence-corrected chi connectivity index (χ4v) is 5.14. The van der Waals surface area contributed by atoms with E-state index in [1.54, 1.807) is 0 Å². The maximum atomic E-state index is 12.9. The molecular formula is C18H26Cl2N2O4S. The number of sulfonamides is 1. The summed E-state index contributed by atoms with van der Waals surface area (Å²) in [6.45, 7) is 5.19. The van der Waals surface area contributed by atoms with Gasteiger partial charge in [-0.15, -0.1) is 0 Å². The Morgan fingerprint density at radius 2 is 1.89 bits per heavy atom. The lowest BCUT2D eigenvalue weighted by atomic mass is 10.1. The molecule has 9 heteroatoms. The summed E-state index contributed by atoms with van der Waals surface area (Å²) in [6.07, 6.45) is 4.07. The van der Waals surface area contributed by atoms with Gasteiger partial charge in [0.1, 0.15) is 4.90 Å². The van der Waals surface area contributed by atoms with Crippen LogP contribution in [0.5, 0.6) is 0 Å². The lowest BCUT2D eigenvalue weighted by molar-refractivity contribution is 0.0730. The van der Waals surface area contributed by atoms with E-state index in [2.05, 4.69) is 12.2 Å². The Labute approximate surface area is 171 Å². The van der Waals surface area contributed by atoms with Gasteiger partial charge in [-0.05, 0) is 25.5 Å². The molecule has 1 saturated heterocycles. The van der Waals surface area contributed by atoms with Gasteiger partial charge in [0.25, 0.3) is 5.91 Å². The van der Waals surface area contributed by atoms with Gasteiger partial charge >= 0.3 is 0 Å². The molecule has 1 amide bonds. The summed E-state index contributed by atoms with van der Waals surface area (Å²) < 4.78 is 32.3. The van der Waals surface area contributed by atoms with Crippen LogP contribution in [-0.4, -0.2) is 51.0 Å². The first-order chi connectivity index (χ1) is 12.8. The van der Waals surface area contributed by atoms with E-state index in [0.29, 0.717) is 13.2 Å². The molecule has 0 saturated carbocycles. The fourth-order valence-electron chi connectivity index (χ4n) is 2.90. The van der Waals surface area contributed by atoms with Crippen molar-refractivity contribution in [1.82, 2.24) is 9.62 Å². The average Bonchev–Trinajstić information content (AvgIpc) is 2.62. The molecule has 1 aromatic rings. The van der Waals surface area contributed by atoms with E-state index in [-0.39, 0.29) is 39.6 Å². The van der Waals surface area contributed by atoms with Crippen molar-refractivity contribution in [3.8, 4) is 0 Å². The highest BCUT2D eigenvalue weighted by atomic mass is 35.5. The first kappa shape index (κ1) is 22.4. The number of amides is 1. The van der Waals surface area contributed by atoms with E-state index < -0.39 is 15.9 Å². The number of nitrogens with zero attached hydrogens (tertiary/aromatic N) is 1. The number of unbranched alkanes of at least 4 members (excludes halogenated alkanes) is 2. The van der Waals surface area contributed by atoms with Crippen molar-refractivity contribution in [2.75, 3.05) is 26.3 Å². The molecule has 0 aliphatic carbocycles. The number of hydrogen-bond acceptors (Lipinski definition) is 4. The van der Waals surface area contributed by atoms with Crippen LogP contribution < -0.4 is 5.32 Å². The summed E-state index contributed by atoms with van der Waals surface area (Å²) in [4.78, 5) is 12.5. The van der Waals surface area contributed by atoms with Crippen molar-refractivity contribution < 1.29 is 17.9 Å². The summed E-state index contributed by atoms with van der Waals surface area (Å²) in [5.41, 5.74) is 0.107. The van der Waals surface area contributed by atoms with Gasteiger partial charge in [-0.1, -0.05) is 49.4 Å². The van der Waals surface area contributed by atoms with Crippen LogP contribution in [0.1, 0.15) is 49.9 Å². The third-order valence-corrected chi connectivity index (χ3v) is 7.15. The van der Waals surface area contributed by atoms with Gasteiger partial charge in [-0.3, -0.25) is 4.79 Å². The number of hydrogen-bond donors (Lipinski definition) is 1. The van der Waals surface area contributed by atoms with Crippen molar-refractivity contribution in [1.29, 1.82) is 0 Å². The Morgan fingerprint density at radius 3 is 2.52 bits per heavy atom. The molecule has 1 atom stereocenters. The van der Waals surface area contributed by atoms with Gasteiger partial charge in [-0.2, -0.15) is 4.31 Å². The monoisotopic (exact) mass is 436 g/mol. The molecule has 152 valence electrons. The highest BCUT2D eigenvalue weighted by Gasteiger charge is 2.30. The van der Waals surface area contributed by atoms with E-state index in [9.17, 15) is 13.2 Å². The molecule has 1 heterocycles. The standard InChI is InChI=1S/C18H26Cl2N2O4S/c1-3-4-5-6-13(2)21-18(23)14-11-17(16(20)12-15(14)19)27(24,25)22-7-9-26-10-8-22/h11-13H,3-10H2,1-2H3,(H,21,23). The lowest BCUT2D eigenvalue weighted by Crippen LogP contribution is -2.40. The second kappa shape index (κ2) is 10.1. The topological polar surface area (TPSA) is 75.7 Å². The number of ether oxygens (including phenoxy) is 1. The number of carbonyl (C=O) groups is 1. The maximum absolute atomic E-state index is 12.9. The zero-order valence-electron chi connectivity index (χ0n) is 15.6. The summed E-state index contributed by atoms with van der Waals surface area (Å²) in [6, 6.07) is 2.55. The largest absolute Gasteiger partial charge is 0.379 e. The molecule has 1 unspecified atom stereocenters. The number of benzene rings is 1. The van der Waals surface area contributed by atoms with Crippen LogP contribution in [0.4, 0.5) is 0 Å². The number of carbonyl (C=O) groups excluding carboxylic acids is 1. The van der Waals surface area contributed by atoms with Crippen molar-refractivity contribution >= 4 is 39.1 Å². The summed E-state index contributed by atoms with van der Waals surface area (Å²) in [5, 5.41) is 3.00. The molecule has 1 aliphatic heterocycles. The molecule has 6 nitrogen and oxygen atoms in total. The van der Waals surface area contributed by atoms with E-state index in [4.69, 9.17) is 27.9 Å². The molecule has 1 aliphatic rings. The van der Waals surface area contributed by atoms with Gasteiger partial charge < -0.3 is 10.1 Å². The fraction of sp³-hybridized carbons (Fsp3) is 0.611. The van der Waals surface area contributed by atoms with Crippen molar-refractivity contribution in [3.63, 3.8) is 0 Å².